The zero-order valence-electron chi connectivity index (χ0n) is 11.6. The number of piperidine rings is 1. The first-order valence-corrected chi connectivity index (χ1v) is 7.07. The second-order valence-electron chi connectivity index (χ2n) is 5.50. The van der Waals surface area contributed by atoms with Crippen LogP contribution >= 0.6 is 0 Å². The molecule has 1 aliphatic heterocycles. The van der Waals surface area contributed by atoms with E-state index in [4.69, 9.17) is 0 Å². The second kappa shape index (κ2) is 6.86. The SMILES string of the molecule is CC(NCCC1CCN(C)CC1)c1cccnc1. The van der Waals surface area contributed by atoms with Crippen molar-refractivity contribution in [2.75, 3.05) is 26.7 Å². The van der Waals surface area contributed by atoms with E-state index in [-0.39, 0.29) is 0 Å². The molecule has 1 unspecified atom stereocenters. The van der Waals surface area contributed by atoms with Gasteiger partial charge in [0.15, 0.2) is 0 Å². The third-order valence-electron chi connectivity index (χ3n) is 4.03. The Hall–Kier alpha value is -0.930. The van der Waals surface area contributed by atoms with Crippen molar-refractivity contribution in [2.24, 2.45) is 5.92 Å². The van der Waals surface area contributed by atoms with Gasteiger partial charge in [-0.3, -0.25) is 4.98 Å². The van der Waals surface area contributed by atoms with Crippen molar-refractivity contribution in [2.45, 2.75) is 32.2 Å². The Balaban J connectivity index is 1.66. The van der Waals surface area contributed by atoms with Gasteiger partial charge in [-0.15, -0.1) is 0 Å². The smallest absolute Gasteiger partial charge is 0.0315 e. The van der Waals surface area contributed by atoms with Crippen LogP contribution in [0.1, 0.15) is 37.8 Å². The van der Waals surface area contributed by atoms with Crippen molar-refractivity contribution in [3.8, 4) is 0 Å². The predicted molar refractivity (Wildman–Crippen MR) is 75.5 cm³/mol. The number of rotatable bonds is 5. The minimum Gasteiger partial charge on any atom is -0.310 e. The third-order valence-corrected chi connectivity index (χ3v) is 4.03. The first-order chi connectivity index (χ1) is 8.75. The van der Waals surface area contributed by atoms with Crippen LogP contribution in [-0.4, -0.2) is 36.6 Å². The Morgan fingerprint density at radius 2 is 2.22 bits per heavy atom. The van der Waals surface area contributed by atoms with Gasteiger partial charge in [0.25, 0.3) is 0 Å². The van der Waals surface area contributed by atoms with Crippen molar-refractivity contribution < 1.29 is 0 Å². The monoisotopic (exact) mass is 247 g/mol. The number of hydrogen-bond donors (Lipinski definition) is 1. The van der Waals surface area contributed by atoms with E-state index in [1.54, 1.807) is 0 Å². The van der Waals surface area contributed by atoms with E-state index >= 15 is 0 Å². The van der Waals surface area contributed by atoms with Gasteiger partial charge < -0.3 is 10.2 Å². The molecule has 3 nitrogen and oxygen atoms in total. The van der Waals surface area contributed by atoms with E-state index in [1.807, 2.05) is 18.5 Å². The van der Waals surface area contributed by atoms with Crippen LogP contribution in [0.15, 0.2) is 24.5 Å². The number of nitrogens with one attached hydrogen (secondary N) is 1. The lowest BCUT2D eigenvalue weighted by Gasteiger charge is -2.29. The highest BCUT2D eigenvalue weighted by Crippen LogP contribution is 2.19. The van der Waals surface area contributed by atoms with E-state index in [0.717, 1.165) is 12.5 Å². The summed E-state index contributed by atoms with van der Waals surface area (Å²) < 4.78 is 0. The molecule has 1 atom stereocenters. The van der Waals surface area contributed by atoms with Crippen LogP contribution in [0.3, 0.4) is 0 Å². The predicted octanol–water partition coefficient (Wildman–Crippen LogP) is 2.46. The molecular weight excluding hydrogens is 222 g/mol. The van der Waals surface area contributed by atoms with Crippen molar-refractivity contribution in [1.29, 1.82) is 0 Å². The van der Waals surface area contributed by atoms with Gasteiger partial charge in [0.2, 0.25) is 0 Å². The Morgan fingerprint density at radius 1 is 1.44 bits per heavy atom. The molecular formula is C15H25N3. The van der Waals surface area contributed by atoms with Gasteiger partial charge in [0.1, 0.15) is 0 Å². The number of pyridine rings is 1. The van der Waals surface area contributed by atoms with Gasteiger partial charge in [-0.25, -0.2) is 0 Å². The van der Waals surface area contributed by atoms with E-state index in [1.165, 1.54) is 37.9 Å². The Morgan fingerprint density at radius 3 is 2.89 bits per heavy atom. The van der Waals surface area contributed by atoms with Crippen LogP contribution < -0.4 is 5.32 Å². The highest BCUT2D eigenvalue weighted by Gasteiger charge is 2.16. The van der Waals surface area contributed by atoms with Crippen molar-refractivity contribution >= 4 is 0 Å². The van der Waals surface area contributed by atoms with Gasteiger partial charge in [-0.2, -0.15) is 0 Å². The molecule has 100 valence electrons. The fourth-order valence-electron chi connectivity index (χ4n) is 2.60. The molecule has 1 aromatic rings. The fourth-order valence-corrected chi connectivity index (χ4v) is 2.60. The number of aromatic nitrogens is 1. The van der Waals surface area contributed by atoms with E-state index < -0.39 is 0 Å². The lowest BCUT2D eigenvalue weighted by atomic mass is 9.94. The van der Waals surface area contributed by atoms with Crippen molar-refractivity contribution in [3.05, 3.63) is 30.1 Å². The van der Waals surface area contributed by atoms with E-state index in [9.17, 15) is 0 Å². The molecule has 18 heavy (non-hydrogen) atoms. The second-order valence-corrected chi connectivity index (χ2v) is 5.50. The fraction of sp³-hybridized carbons (Fsp3) is 0.667. The van der Waals surface area contributed by atoms with Crippen LogP contribution in [-0.2, 0) is 0 Å². The van der Waals surface area contributed by atoms with Gasteiger partial charge in [0.05, 0.1) is 0 Å². The molecule has 2 rings (SSSR count). The van der Waals surface area contributed by atoms with Crippen LogP contribution in [0, 0.1) is 5.92 Å². The van der Waals surface area contributed by atoms with Gasteiger partial charge >= 0.3 is 0 Å². The maximum atomic E-state index is 4.17. The maximum absolute atomic E-state index is 4.17. The molecule has 0 aliphatic carbocycles. The Labute approximate surface area is 111 Å². The molecule has 0 aromatic carbocycles. The van der Waals surface area contributed by atoms with Crippen LogP contribution in [0.2, 0.25) is 0 Å². The molecule has 1 N–H and O–H groups in total. The van der Waals surface area contributed by atoms with Crippen LogP contribution in [0.4, 0.5) is 0 Å². The summed E-state index contributed by atoms with van der Waals surface area (Å²) in [6, 6.07) is 4.55. The first kappa shape index (κ1) is 13.5. The molecule has 3 heteroatoms. The molecule has 0 bridgehead atoms. The third kappa shape index (κ3) is 4.07. The van der Waals surface area contributed by atoms with Gasteiger partial charge in [0, 0.05) is 18.4 Å². The highest BCUT2D eigenvalue weighted by atomic mass is 15.1. The summed E-state index contributed by atoms with van der Waals surface area (Å²) in [4.78, 5) is 6.60. The summed E-state index contributed by atoms with van der Waals surface area (Å²) in [5, 5.41) is 3.60. The Kier molecular flexibility index (Phi) is 5.14. The average Bonchev–Trinajstić information content (AvgIpc) is 2.42. The lowest BCUT2D eigenvalue weighted by molar-refractivity contribution is 0.211. The molecule has 1 saturated heterocycles. The van der Waals surface area contributed by atoms with E-state index in [0.29, 0.717) is 6.04 Å². The molecule has 1 aliphatic rings. The zero-order chi connectivity index (χ0) is 12.8. The maximum Gasteiger partial charge on any atom is 0.0315 e. The van der Waals surface area contributed by atoms with Crippen molar-refractivity contribution in [3.63, 3.8) is 0 Å². The summed E-state index contributed by atoms with van der Waals surface area (Å²) in [6.45, 7) is 5.86. The largest absolute Gasteiger partial charge is 0.310 e. The minimum absolute atomic E-state index is 0.407. The summed E-state index contributed by atoms with van der Waals surface area (Å²) in [5.74, 6) is 0.912. The molecule has 0 spiro atoms. The molecule has 1 aromatic heterocycles. The van der Waals surface area contributed by atoms with Gasteiger partial charge in [-0.05, 0) is 70.4 Å². The normalized spacial score (nSPS) is 19.9. The summed E-state index contributed by atoms with van der Waals surface area (Å²) in [7, 11) is 2.22. The summed E-state index contributed by atoms with van der Waals surface area (Å²) >= 11 is 0. The highest BCUT2D eigenvalue weighted by molar-refractivity contribution is 5.12. The van der Waals surface area contributed by atoms with E-state index in [2.05, 4.69) is 35.2 Å². The topological polar surface area (TPSA) is 28.2 Å². The molecule has 2 heterocycles. The average molecular weight is 247 g/mol. The number of hydrogen-bond acceptors (Lipinski definition) is 3. The molecule has 1 fully saturated rings. The lowest BCUT2D eigenvalue weighted by Crippen LogP contribution is -2.32. The summed E-state index contributed by atoms with van der Waals surface area (Å²) in [5.41, 5.74) is 1.28. The quantitative estimate of drug-likeness (QED) is 0.866. The molecule has 0 amide bonds. The zero-order valence-corrected chi connectivity index (χ0v) is 11.6. The standard InChI is InChI=1S/C15H25N3/c1-13(15-4-3-8-16-12-15)17-9-5-14-6-10-18(2)11-7-14/h3-4,8,12-14,17H,5-7,9-11H2,1-2H3. The van der Waals surface area contributed by atoms with Crippen LogP contribution in [0.25, 0.3) is 0 Å². The minimum atomic E-state index is 0.407. The Bertz CT molecular complexity index is 331. The number of likely N-dealkylation sites (tertiary alicyclic amines) is 1. The van der Waals surface area contributed by atoms with Crippen LogP contribution in [0.5, 0.6) is 0 Å². The van der Waals surface area contributed by atoms with Crippen molar-refractivity contribution in [1.82, 2.24) is 15.2 Å². The molecule has 0 radical (unpaired) electrons. The number of nitrogens with zero attached hydrogens (tertiary/aromatic N) is 2. The van der Waals surface area contributed by atoms with Gasteiger partial charge in [-0.1, -0.05) is 6.07 Å². The summed E-state index contributed by atoms with van der Waals surface area (Å²) in [6.07, 6.45) is 7.80. The molecule has 0 saturated carbocycles. The first-order valence-electron chi connectivity index (χ1n) is 7.07.